The van der Waals surface area contributed by atoms with Gasteiger partial charge in [0.25, 0.3) is 0 Å². The average molecular weight is 342 g/mol. The highest BCUT2D eigenvalue weighted by atomic mass is 16.5. The fraction of sp³-hybridized carbons (Fsp3) is 0.526. The molecule has 1 aliphatic rings. The Hall–Kier alpha value is -2.21. The van der Waals surface area contributed by atoms with Gasteiger partial charge in [0.05, 0.1) is 0 Å². The summed E-state index contributed by atoms with van der Waals surface area (Å²) in [6, 6.07) is 6.38. The standard InChI is InChI=1S/C19H26N4O2/c1-13-5-6-16(14(2)11-13)7-8-18(24)23-10-9-22(4)17(12-23)19-20-15(3)21-25-19/h5-6,11,17H,7-10,12H2,1-4H3. The van der Waals surface area contributed by atoms with Crippen molar-refractivity contribution in [2.24, 2.45) is 0 Å². The zero-order valence-corrected chi connectivity index (χ0v) is 15.5. The summed E-state index contributed by atoms with van der Waals surface area (Å²) < 4.78 is 5.32. The van der Waals surface area contributed by atoms with Gasteiger partial charge in [-0.05, 0) is 45.4 Å². The van der Waals surface area contributed by atoms with Gasteiger partial charge in [-0.3, -0.25) is 9.69 Å². The first-order valence-electron chi connectivity index (χ1n) is 8.78. The van der Waals surface area contributed by atoms with Crippen LogP contribution in [-0.4, -0.2) is 52.5 Å². The molecule has 0 spiro atoms. The minimum absolute atomic E-state index is 0.0278. The molecule has 6 heteroatoms. The third-order valence-electron chi connectivity index (χ3n) is 4.94. The third-order valence-corrected chi connectivity index (χ3v) is 4.94. The monoisotopic (exact) mass is 342 g/mol. The van der Waals surface area contributed by atoms with Crippen LogP contribution < -0.4 is 0 Å². The second-order valence-electron chi connectivity index (χ2n) is 6.95. The van der Waals surface area contributed by atoms with Crippen LogP contribution in [0.2, 0.25) is 0 Å². The van der Waals surface area contributed by atoms with Crippen molar-refractivity contribution in [3.63, 3.8) is 0 Å². The van der Waals surface area contributed by atoms with Crippen molar-refractivity contribution in [1.82, 2.24) is 19.9 Å². The van der Waals surface area contributed by atoms with Crippen LogP contribution in [0.4, 0.5) is 0 Å². The van der Waals surface area contributed by atoms with E-state index >= 15 is 0 Å². The summed E-state index contributed by atoms with van der Waals surface area (Å²) in [5, 5.41) is 3.87. The number of carbonyl (C=O) groups is 1. The number of piperazine rings is 1. The van der Waals surface area contributed by atoms with Gasteiger partial charge in [-0.15, -0.1) is 0 Å². The van der Waals surface area contributed by atoms with E-state index < -0.39 is 0 Å². The minimum Gasteiger partial charge on any atom is -0.339 e. The van der Waals surface area contributed by atoms with Crippen LogP contribution in [0.5, 0.6) is 0 Å². The number of likely N-dealkylation sites (N-methyl/N-ethyl adjacent to an activating group) is 1. The van der Waals surface area contributed by atoms with Crippen LogP contribution >= 0.6 is 0 Å². The molecule has 1 aromatic carbocycles. The van der Waals surface area contributed by atoms with Crippen LogP contribution in [0.3, 0.4) is 0 Å². The topological polar surface area (TPSA) is 62.5 Å². The highest BCUT2D eigenvalue weighted by Gasteiger charge is 2.31. The quantitative estimate of drug-likeness (QED) is 0.854. The van der Waals surface area contributed by atoms with Crippen molar-refractivity contribution in [1.29, 1.82) is 0 Å². The van der Waals surface area contributed by atoms with Gasteiger partial charge in [0.15, 0.2) is 5.82 Å². The van der Waals surface area contributed by atoms with E-state index in [0.717, 1.165) is 19.5 Å². The Morgan fingerprint density at radius 2 is 2.08 bits per heavy atom. The first kappa shape index (κ1) is 17.6. The average Bonchev–Trinajstić information content (AvgIpc) is 3.00. The van der Waals surface area contributed by atoms with E-state index in [9.17, 15) is 4.79 Å². The van der Waals surface area contributed by atoms with Gasteiger partial charge in [-0.2, -0.15) is 4.98 Å². The normalized spacial score (nSPS) is 18.6. The van der Waals surface area contributed by atoms with E-state index in [2.05, 4.69) is 47.1 Å². The molecular formula is C19H26N4O2. The number of hydrogen-bond donors (Lipinski definition) is 0. The van der Waals surface area contributed by atoms with Gasteiger partial charge in [-0.25, -0.2) is 0 Å². The molecule has 1 atom stereocenters. The van der Waals surface area contributed by atoms with E-state index in [-0.39, 0.29) is 11.9 Å². The van der Waals surface area contributed by atoms with Gasteiger partial charge in [-0.1, -0.05) is 28.9 Å². The van der Waals surface area contributed by atoms with Crippen LogP contribution in [-0.2, 0) is 11.2 Å². The van der Waals surface area contributed by atoms with Gasteiger partial charge in [0.2, 0.25) is 11.8 Å². The molecule has 0 saturated carbocycles. The fourth-order valence-corrected chi connectivity index (χ4v) is 3.34. The molecule has 134 valence electrons. The number of amides is 1. The number of aromatic nitrogens is 2. The molecule has 2 heterocycles. The molecule has 0 radical (unpaired) electrons. The molecule has 25 heavy (non-hydrogen) atoms. The van der Waals surface area contributed by atoms with E-state index in [4.69, 9.17) is 4.52 Å². The van der Waals surface area contributed by atoms with E-state index in [1.807, 2.05) is 18.9 Å². The molecule has 1 fully saturated rings. The van der Waals surface area contributed by atoms with Crippen molar-refractivity contribution in [3.05, 3.63) is 46.6 Å². The number of rotatable bonds is 4. The van der Waals surface area contributed by atoms with E-state index in [1.54, 1.807) is 0 Å². The van der Waals surface area contributed by atoms with E-state index in [0.29, 0.717) is 24.7 Å². The lowest BCUT2D eigenvalue weighted by molar-refractivity contribution is -0.134. The summed E-state index contributed by atoms with van der Waals surface area (Å²) in [6.07, 6.45) is 1.31. The summed E-state index contributed by atoms with van der Waals surface area (Å²) in [5.74, 6) is 1.41. The molecular weight excluding hydrogens is 316 g/mol. The number of hydrogen-bond acceptors (Lipinski definition) is 5. The van der Waals surface area contributed by atoms with Gasteiger partial charge in [0.1, 0.15) is 6.04 Å². The molecule has 1 aromatic heterocycles. The van der Waals surface area contributed by atoms with Crippen LogP contribution in [0.15, 0.2) is 22.7 Å². The highest BCUT2D eigenvalue weighted by Crippen LogP contribution is 2.23. The lowest BCUT2D eigenvalue weighted by Gasteiger charge is -2.37. The molecule has 1 amide bonds. The van der Waals surface area contributed by atoms with Crippen molar-refractivity contribution < 1.29 is 9.32 Å². The first-order chi connectivity index (χ1) is 11.9. The lowest BCUT2D eigenvalue weighted by atomic mass is 10.0. The Morgan fingerprint density at radius 3 is 2.76 bits per heavy atom. The zero-order chi connectivity index (χ0) is 18.0. The Labute approximate surface area is 148 Å². The van der Waals surface area contributed by atoms with Crippen LogP contribution in [0.1, 0.15) is 40.9 Å². The summed E-state index contributed by atoms with van der Waals surface area (Å²) in [5.41, 5.74) is 3.76. The van der Waals surface area contributed by atoms with Gasteiger partial charge < -0.3 is 9.42 Å². The second-order valence-corrected chi connectivity index (χ2v) is 6.95. The number of carbonyl (C=O) groups excluding carboxylic acids is 1. The Balaban J connectivity index is 1.62. The maximum absolute atomic E-state index is 12.7. The fourth-order valence-electron chi connectivity index (χ4n) is 3.34. The predicted molar refractivity (Wildman–Crippen MR) is 95.2 cm³/mol. The molecule has 6 nitrogen and oxygen atoms in total. The number of nitrogens with zero attached hydrogens (tertiary/aromatic N) is 4. The van der Waals surface area contributed by atoms with Crippen molar-refractivity contribution in [3.8, 4) is 0 Å². The van der Waals surface area contributed by atoms with Crippen LogP contribution in [0, 0.1) is 20.8 Å². The lowest BCUT2D eigenvalue weighted by Crippen LogP contribution is -2.49. The minimum atomic E-state index is -0.0278. The molecule has 0 N–H and O–H groups in total. The summed E-state index contributed by atoms with van der Waals surface area (Å²) >= 11 is 0. The summed E-state index contributed by atoms with van der Waals surface area (Å²) in [4.78, 5) is 21.1. The number of benzene rings is 1. The smallest absolute Gasteiger partial charge is 0.245 e. The maximum atomic E-state index is 12.7. The molecule has 0 aliphatic carbocycles. The predicted octanol–water partition coefficient (Wildman–Crippen LogP) is 2.44. The Kier molecular flexibility index (Phi) is 5.18. The largest absolute Gasteiger partial charge is 0.339 e. The second kappa shape index (κ2) is 7.35. The highest BCUT2D eigenvalue weighted by molar-refractivity contribution is 5.76. The van der Waals surface area contributed by atoms with Crippen molar-refractivity contribution >= 4 is 5.91 Å². The first-order valence-corrected chi connectivity index (χ1v) is 8.78. The molecule has 0 bridgehead atoms. The van der Waals surface area contributed by atoms with Crippen molar-refractivity contribution in [2.75, 3.05) is 26.7 Å². The van der Waals surface area contributed by atoms with Crippen LogP contribution in [0.25, 0.3) is 0 Å². The molecule has 1 unspecified atom stereocenters. The van der Waals surface area contributed by atoms with Gasteiger partial charge in [0, 0.05) is 26.1 Å². The Bertz CT molecular complexity index is 756. The zero-order valence-electron chi connectivity index (χ0n) is 15.5. The molecule has 2 aromatic rings. The molecule has 1 saturated heterocycles. The summed E-state index contributed by atoms with van der Waals surface area (Å²) in [6.45, 7) is 8.15. The molecule has 1 aliphatic heterocycles. The maximum Gasteiger partial charge on any atom is 0.245 e. The van der Waals surface area contributed by atoms with E-state index in [1.165, 1.54) is 16.7 Å². The molecule has 3 rings (SSSR count). The SMILES string of the molecule is Cc1ccc(CCC(=O)N2CCN(C)C(c3nc(C)no3)C2)c(C)c1. The van der Waals surface area contributed by atoms with Crippen molar-refractivity contribution in [2.45, 2.75) is 39.7 Å². The third kappa shape index (κ3) is 4.07. The number of aryl methyl sites for hydroxylation is 4. The Morgan fingerprint density at radius 1 is 1.28 bits per heavy atom. The van der Waals surface area contributed by atoms with Gasteiger partial charge >= 0.3 is 0 Å². The summed E-state index contributed by atoms with van der Waals surface area (Å²) in [7, 11) is 2.03.